The summed E-state index contributed by atoms with van der Waals surface area (Å²) in [5, 5.41) is 15.8. The normalized spacial score (nSPS) is 11.7. The summed E-state index contributed by atoms with van der Waals surface area (Å²) in [6.45, 7) is 0.662. The van der Waals surface area contributed by atoms with E-state index in [-0.39, 0.29) is 5.84 Å². The van der Waals surface area contributed by atoms with Crippen molar-refractivity contribution in [1.82, 2.24) is 9.78 Å². The molecule has 1 aromatic carbocycles. The molecule has 0 saturated heterocycles. The first-order valence-electron chi connectivity index (χ1n) is 4.94. The molecule has 0 atom stereocenters. The molecule has 6 heteroatoms. The summed E-state index contributed by atoms with van der Waals surface area (Å²) in [6.07, 6.45) is 3.75. The molecule has 0 saturated carbocycles. The van der Waals surface area contributed by atoms with Crippen molar-refractivity contribution in [1.29, 1.82) is 0 Å². The molecule has 3 N–H and O–H groups in total. The van der Waals surface area contributed by atoms with Gasteiger partial charge in [0, 0.05) is 11.8 Å². The lowest BCUT2D eigenvalue weighted by molar-refractivity contribution is 0.318. The van der Waals surface area contributed by atoms with Gasteiger partial charge >= 0.3 is 0 Å². The molecule has 1 heterocycles. The Kier molecular flexibility index (Phi) is 3.62. The second-order valence-electron chi connectivity index (χ2n) is 3.54. The number of rotatable bonds is 3. The number of benzene rings is 1. The van der Waals surface area contributed by atoms with E-state index in [4.69, 9.17) is 10.9 Å². The van der Waals surface area contributed by atoms with Gasteiger partial charge < -0.3 is 10.9 Å². The third-order valence-corrected chi connectivity index (χ3v) is 2.83. The Labute approximate surface area is 112 Å². The third-order valence-electron chi connectivity index (χ3n) is 2.28. The molecule has 1 aromatic heterocycles. The molecule has 0 spiro atoms. The molecule has 0 aliphatic heterocycles. The van der Waals surface area contributed by atoms with E-state index in [2.05, 4.69) is 32.8 Å². The van der Waals surface area contributed by atoms with Crippen molar-refractivity contribution in [3.63, 3.8) is 0 Å². The van der Waals surface area contributed by atoms with Gasteiger partial charge in [0.05, 0.1) is 16.3 Å². The molecule has 0 radical (unpaired) electrons. The minimum atomic E-state index is 0.113. The number of halogens is 1. The fourth-order valence-electron chi connectivity index (χ4n) is 1.50. The van der Waals surface area contributed by atoms with Crippen LogP contribution in [0.1, 0.15) is 11.1 Å². The van der Waals surface area contributed by atoms with Crippen molar-refractivity contribution in [2.75, 3.05) is 0 Å². The first-order chi connectivity index (χ1) is 8.19. The molecular formula is C11H11IN4O. The van der Waals surface area contributed by atoms with Crippen LogP contribution in [0.4, 0.5) is 0 Å². The van der Waals surface area contributed by atoms with Gasteiger partial charge in [0.2, 0.25) is 0 Å². The van der Waals surface area contributed by atoms with E-state index in [1.807, 2.05) is 29.1 Å². The average Bonchev–Trinajstić information content (AvgIpc) is 2.74. The monoisotopic (exact) mass is 342 g/mol. The minimum Gasteiger partial charge on any atom is -0.409 e. The highest BCUT2D eigenvalue weighted by atomic mass is 127. The molecule has 0 fully saturated rings. The molecular weight excluding hydrogens is 331 g/mol. The van der Waals surface area contributed by atoms with Gasteiger partial charge in [-0.15, -0.1) is 0 Å². The lowest BCUT2D eigenvalue weighted by atomic mass is 10.1. The molecule has 17 heavy (non-hydrogen) atoms. The lowest BCUT2D eigenvalue weighted by Crippen LogP contribution is -2.13. The van der Waals surface area contributed by atoms with Gasteiger partial charge in [0.25, 0.3) is 0 Å². The molecule has 88 valence electrons. The predicted octanol–water partition coefficient (Wildman–Crippen LogP) is 1.63. The number of oxime groups is 1. The number of aromatic nitrogens is 2. The SMILES string of the molecule is NC(=NO)c1cccc(Cn2cc(I)cn2)c1. The van der Waals surface area contributed by atoms with Gasteiger partial charge in [-0.05, 0) is 34.2 Å². The Balaban J connectivity index is 2.22. The van der Waals surface area contributed by atoms with Gasteiger partial charge in [-0.25, -0.2) is 0 Å². The minimum absolute atomic E-state index is 0.113. The summed E-state index contributed by atoms with van der Waals surface area (Å²) in [5.41, 5.74) is 7.29. The summed E-state index contributed by atoms with van der Waals surface area (Å²) >= 11 is 2.21. The lowest BCUT2D eigenvalue weighted by Gasteiger charge is -2.04. The van der Waals surface area contributed by atoms with Crippen LogP contribution in [0.3, 0.4) is 0 Å². The number of nitrogens with two attached hydrogens (primary N) is 1. The summed E-state index contributed by atoms with van der Waals surface area (Å²) in [6, 6.07) is 7.52. The fraction of sp³-hybridized carbons (Fsp3) is 0.0909. The van der Waals surface area contributed by atoms with Crippen molar-refractivity contribution in [3.8, 4) is 0 Å². The van der Waals surface area contributed by atoms with Gasteiger partial charge in [-0.3, -0.25) is 4.68 Å². The molecule has 2 rings (SSSR count). The van der Waals surface area contributed by atoms with Crippen molar-refractivity contribution < 1.29 is 5.21 Å². The predicted molar refractivity (Wildman–Crippen MR) is 73.0 cm³/mol. The summed E-state index contributed by atoms with van der Waals surface area (Å²) in [5.74, 6) is 0.113. The summed E-state index contributed by atoms with van der Waals surface area (Å²) < 4.78 is 2.93. The Hall–Kier alpha value is -1.57. The second kappa shape index (κ2) is 5.17. The maximum atomic E-state index is 8.62. The van der Waals surface area contributed by atoms with E-state index >= 15 is 0 Å². The van der Waals surface area contributed by atoms with Crippen molar-refractivity contribution >= 4 is 28.4 Å². The molecule has 0 unspecified atom stereocenters. The van der Waals surface area contributed by atoms with Crippen LogP contribution in [0.5, 0.6) is 0 Å². The van der Waals surface area contributed by atoms with Crippen molar-refractivity contribution in [3.05, 3.63) is 51.4 Å². The van der Waals surface area contributed by atoms with E-state index in [1.54, 1.807) is 12.3 Å². The van der Waals surface area contributed by atoms with E-state index < -0.39 is 0 Å². The van der Waals surface area contributed by atoms with Gasteiger partial charge in [0.15, 0.2) is 5.84 Å². The molecule has 0 bridgehead atoms. The average molecular weight is 342 g/mol. The number of hydrogen-bond donors (Lipinski definition) is 2. The highest BCUT2D eigenvalue weighted by Gasteiger charge is 2.02. The number of nitrogens with zero attached hydrogens (tertiary/aromatic N) is 3. The summed E-state index contributed by atoms with van der Waals surface area (Å²) in [7, 11) is 0. The van der Waals surface area contributed by atoms with Crippen molar-refractivity contribution in [2.45, 2.75) is 6.54 Å². The zero-order chi connectivity index (χ0) is 12.3. The molecule has 0 amide bonds. The maximum Gasteiger partial charge on any atom is 0.170 e. The first kappa shape index (κ1) is 11.9. The highest BCUT2D eigenvalue weighted by molar-refractivity contribution is 14.1. The second-order valence-corrected chi connectivity index (χ2v) is 4.79. The smallest absolute Gasteiger partial charge is 0.170 e. The first-order valence-corrected chi connectivity index (χ1v) is 6.01. The highest BCUT2D eigenvalue weighted by Crippen LogP contribution is 2.08. The van der Waals surface area contributed by atoms with Crippen LogP contribution in [-0.4, -0.2) is 20.8 Å². The van der Waals surface area contributed by atoms with Crippen LogP contribution in [0.2, 0.25) is 0 Å². The maximum absolute atomic E-state index is 8.62. The topological polar surface area (TPSA) is 76.4 Å². The Morgan fingerprint density at radius 2 is 2.35 bits per heavy atom. The number of amidine groups is 1. The van der Waals surface area contributed by atoms with Gasteiger partial charge in [-0.2, -0.15) is 5.10 Å². The molecule has 2 aromatic rings. The van der Waals surface area contributed by atoms with E-state index in [0.29, 0.717) is 12.1 Å². The number of hydrogen-bond acceptors (Lipinski definition) is 3. The van der Waals surface area contributed by atoms with Crippen LogP contribution in [0.15, 0.2) is 41.8 Å². The third kappa shape index (κ3) is 2.96. The van der Waals surface area contributed by atoms with Crippen molar-refractivity contribution in [2.24, 2.45) is 10.9 Å². The van der Waals surface area contributed by atoms with Crippen LogP contribution in [0, 0.1) is 3.57 Å². The standard InChI is InChI=1S/C11H11IN4O/c12-10-5-14-16(7-10)6-8-2-1-3-9(4-8)11(13)15-17/h1-5,7,17H,6H2,(H2,13,15). The van der Waals surface area contributed by atoms with E-state index in [1.165, 1.54) is 0 Å². The van der Waals surface area contributed by atoms with Crippen LogP contribution in [0.25, 0.3) is 0 Å². The van der Waals surface area contributed by atoms with Crippen LogP contribution >= 0.6 is 22.6 Å². The zero-order valence-electron chi connectivity index (χ0n) is 8.92. The van der Waals surface area contributed by atoms with Gasteiger partial charge in [0.1, 0.15) is 0 Å². The Morgan fingerprint density at radius 3 is 3.00 bits per heavy atom. The molecule has 0 aliphatic carbocycles. The Bertz CT molecular complexity index is 550. The zero-order valence-corrected chi connectivity index (χ0v) is 11.1. The molecule has 0 aliphatic rings. The molecule has 5 nitrogen and oxygen atoms in total. The van der Waals surface area contributed by atoms with Crippen LogP contribution in [-0.2, 0) is 6.54 Å². The van der Waals surface area contributed by atoms with E-state index in [0.717, 1.165) is 9.13 Å². The van der Waals surface area contributed by atoms with Gasteiger partial charge in [-0.1, -0.05) is 23.4 Å². The quantitative estimate of drug-likeness (QED) is 0.293. The summed E-state index contributed by atoms with van der Waals surface area (Å²) in [4.78, 5) is 0. The fourth-order valence-corrected chi connectivity index (χ4v) is 1.94. The van der Waals surface area contributed by atoms with E-state index in [9.17, 15) is 0 Å². The van der Waals surface area contributed by atoms with Crippen LogP contribution < -0.4 is 5.73 Å². The Morgan fingerprint density at radius 1 is 1.53 bits per heavy atom. The largest absolute Gasteiger partial charge is 0.409 e.